The van der Waals surface area contributed by atoms with Gasteiger partial charge in [0.25, 0.3) is 0 Å². The van der Waals surface area contributed by atoms with Gasteiger partial charge >= 0.3 is 10.1 Å². The molecule has 1 atom stereocenters. The molecule has 29 heavy (non-hydrogen) atoms. The molecular formula is C18H22BrN3O5S2. The van der Waals surface area contributed by atoms with Crippen molar-refractivity contribution in [2.75, 3.05) is 14.1 Å². The number of hydrogen-bond donors (Lipinski definition) is 1. The third kappa shape index (κ3) is 5.64. The summed E-state index contributed by atoms with van der Waals surface area (Å²) in [5.41, 5.74) is 0.353. The standard InChI is InChI=1S/C18H22BrN3O5S2/c1-13-5-8-16(9-6-13)28(23,24)22(4)18(29(25,26)27)21(3)12-20-17-10-7-15(19)11-14(17)2/h5-12,18H,1-4H3,(H,25,26,27). The summed E-state index contributed by atoms with van der Waals surface area (Å²) in [6, 6.07) is 11.3. The highest BCUT2D eigenvalue weighted by atomic mass is 79.9. The molecule has 0 amide bonds. The normalized spacial score (nSPS) is 13.8. The van der Waals surface area contributed by atoms with E-state index in [9.17, 15) is 21.4 Å². The number of nitrogens with zero attached hydrogens (tertiary/aromatic N) is 3. The Morgan fingerprint density at radius 1 is 1.03 bits per heavy atom. The highest BCUT2D eigenvalue weighted by molar-refractivity contribution is 9.10. The lowest BCUT2D eigenvalue weighted by Gasteiger charge is -2.30. The summed E-state index contributed by atoms with van der Waals surface area (Å²) in [5.74, 6) is 0. The maximum absolute atomic E-state index is 12.9. The summed E-state index contributed by atoms with van der Waals surface area (Å²) in [4.78, 5) is 5.14. The van der Waals surface area contributed by atoms with Gasteiger partial charge in [0, 0.05) is 18.6 Å². The van der Waals surface area contributed by atoms with E-state index in [4.69, 9.17) is 0 Å². The Morgan fingerprint density at radius 2 is 1.62 bits per heavy atom. The van der Waals surface area contributed by atoms with E-state index in [1.54, 1.807) is 31.2 Å². The van der Waals surface area contributed by atoms with E-state index in [0.29, 0.717) is 9.99 Å². The Hall–Kier alpha value is -1.79. The molecule has 0 saturated heterocycles. The minimum atomic E-state index is -4.81. The second-order valence-corrected chi connectivity index (χ2v) is 10.9. The number of sulfonamides is 1. The van der Waals surface area contributed by atoms with Gasteiger partial charge in [0.2, 0.25) is 15.5 Å². The van der Waals surface area contributed by atoms with Crippen LogP contribution in [0, 0.1) is 13.8 Å². The Bertz CT molecular complexity index is 1120. The van der Waals surface area contributed by atoms with Crippen molar-refractivity contribution >= 4 is 48.1 Å². The molecular weight excluding hydrogens is 482 g/mol. The first-order chi connectivity index (χ1) is 13.3. The molecule has 0 saturated carbocycles. The maximum Gasteiger partial charge on any atom is 0.301 e. The van der Waals surface area contributed by atoms with E-state index in [1.807, 2.05) is 13.0 Å². The predicted molar refractivity (Wildman–Crippen MR) is 116 cm³/mol. The van der Waals surface area contributed by atoms with E-state index in [-0.39, 0.29) is 4.90 Å². The largest absolute Gasteiger partial charge is 0.334 e. The average Bonchev–Trinajstić information content (AvgIpc) is 2.60. The molecule has 8 nitrogen and oxygen atoms in total. The van der Waals surface area contributed by atoms with Crippen LogP contribution >= 0.6 is 15.9 Å². The summed E-state index contributed by atoms with van der Waals surface area (Å²) >= 11 is 3.35. The fraction of sp³-hybridized carbons (Fsp3) is 0.278. The molecule has 0 heterocycles. The van der Waals surface area contributed by atoms with Crippen LogP contribution in [0.1, 0.15) is 11.1 Å². The minimum Gasteiger partial charge on any atom is -0.334 e. The van der Waals surface area contributed by atoms with Gasteiger partial charge in [-0.2, -0.15) is 12.7 Å². The molecule has 2 rings (SSSR count). The molecule has 0 aliphatic rings. The van der Waals surface area contributed by atoms with Crippen molar-refractivity contribution in [1.82, 2.24) is 9.21 Å². The molecule has 2 aromatic carbocycles. The maximum atomic E-state index is 12.9. The first-order valence-electron chi connectivity index (χ1n) is 8.37. The van der Waals surface area contributed by atoms with E-state index in [1.165, 1.54) is 19.2 Å². The van der Waals surface area contributed by atoms with E-state index >= 15 is 0 Å². The molecule has 0 bridgehead atoms. The van der Waals surface area contributed by atoms with Gasteiger partial charge in [-0.1, -0.05) is 33.6 Å². The summed E-state index contributed by atoms with van der Waals surface area (Å²) in [6.45, 7) is 3.63. The zero-order valence-corrected chi connectivity index (χ0v) is 19.5. The van der Waals surface area contributed by atoms with Gasteiger partial charge in [0.05, 0.1) is 16.9 Å². The Kier molecular flexibility index (Phi) is 7.23. The third-order valence-corrected chi connectivity index (χ3v) is 7.80. The second-order valence-electron chi connectivity index (χ2n) is 6.52. The summed E-state index contributed by atoms with van der Waals surface area (Å²) in [7, 11) is -6.60. The van der Waals surface area contributed by atoms with E-state index < -0.39 is 25.6 Å². The van der Waals surface area contributed by atoms with Crippen LogP contribution in [0.25, 0.3) is 0 Å². The van der Waals surface area contributed by atoms with Gasteiger partial charge in [-0.15, -0.1) is 0 Å². The quantitative estimate of drug-likeness (QED) is 0.269. The highest BCUT2D eigenvalue weighted by Gasteiger charge is 2.38. The zero-order chi connectivity index (χ0) is 22.0. The van der Waals surface area contributed by atoms with Crippen molar-refractivity contribution in [3.63, 3.8) is 0 Å². The fourth-order valence-corrected chi connectivity index (χ4v) is 5.81. The van der Waals surface area contributed by atoms with Crippen LogP contribution in [0.15, 0.2) is 56.8 Å². The lowest BCUT2D eigenvalue weighted by Crippen LogP contribution is -2.51. The molecule has 0 aromatic heterocycles. The SMILES string of the molecule is Cc1ccc(S(=O)(=O)N(C)C(N(C)C=Nc2ccc(Br)cc2C)S(=O)(=O)O)cc1. The van der Waals surface area contributed by atoms with Crippen molar-refractivity contribution in [1.29, 1.82) is 0 Å². The number of aryl methyl sites for hydroxylation is 2. The predicted octanol–water partition coefficient (Wildman–Crippen LogP) is 3.15. The Balaban J connectivity index is 2.40. The minimum absolute atomic E-state index is 0.0895. The van der Waals surface area contributed by atoms with Gasteiger partial charge in [0.15, 0.2) is 0 Å². The number of rotatable bonds is 7. The molecule has 0 radical (unpaired) electrons. The lowest BCUT2D eigenvalue weighted by molar-refractivity contribution is 0.280. The second kappa shape index (κ2) is 8.92. The molecule has 0 spiro atoms. The van der Waals surface area contributed by atoms with Crippen molar-refractivity contribution in [3.05, 3.63) is 58.1 Å². The molecule has 1 N–H and O–H groups in total. The summed E-state index contributed by atoms with van der Waals surface area (Å²) in [6.07, 6.45) is 1.16. The van der Waals surface area contributed by atoms with Gasteiger partial charge < -0.3 is 4.90 Å². The Labute approximate surface area is 179 Å². The highest BCUT2D eigenvalue weighted by Crippen LogP contribution is 2.24. The first kappa shape index (κ1) is 23.5. The van der Waals surface area contributed by atoms with Crippen LogP contribution in [-0.4, -0.2) is 56.5 Å². The molecule has 158 valence electrons. The summed E-state index contributed by atoms with van der Waals surface area (Å²) < 4.78 is 60.9. The van der Waals surface area contributed by atoms with E-state index in [0.717, 1.165) is 33.9 Å². The van der Waals surface area contributed by atoms with Gasteiger partial charge in [-0.25, -0.2) is 13.4 Å². The molecule has 0 aliphatic carbocycles. The van der Waals surface area contributed by atoms with Crippen LogP contribution in [0.2, 0.25) is 0 Å². The van der Waals surface area contributed by atoms with E-state index in [2.05, 4.69) is 20.9 Å². The van der Waals surface area contributed by atoms with Crippen molar-refractivity contribution < 1.29 is 21.4 Å². The summed E-state index contributed by atoms with van der Waals surface area (Å²) in [5, 5.41) is 0. The van der Waals surface area contributed by atoms with Crippen LogP contribution < -0.4 is 0 Å². The molecule has 1 unspecified atom stereocenters. The van der Waals surface area contributed by atoms with Gasteiger partial charge in [-0.3, -0.25) is 4.55 Å². The van der Waals surface area contributed by atoms with Crippen LogP contribution in [0.3, 0.4) is 0 Å². The number of aliphatic imine (C=N–C) groups is 1. The lowest BCUT2D eigenvalue weighted by atomic mass is 10.2. The number of hydrogen-bond acceptors (Lipinski definition) is 5. The molecule has 11 heteroatoms. The third-order valence-electron chi connectivity index (χ3n) is 4.16. The van der Waals surface area contributed by atoms with Gasteiger partial charge in [0.1, 0.15) is 0 Å². The van der Waals surface area contributed by atoms with Gasteiger partial charge in [-0.05, 0) is 49.7 Å². The number of halogens is 1. The van der Waals surface area contributed by atoms with Crippen molar-refractivity contribution in [2.45, 2.75) is 24.2 Å². The number of benzene rings is 2. The monoisotopic (exact) mass is 503 g/mol. The molecule has 0 aliphatic heterocycles. The van der Waals surface area contributed by atoms with Crippen LogP contribution in [0.5, 0.6) is 0 Å². The Morgan fingerprint density at radius 3 is 2.14 bits per heavy atom. The molecule has 2 aromatic rings. The molecule has 0 fully saturated rings. The smallest absolute Gasteiger partial charge is 0.301 e. The first-order valence-corrected chi connectivity index (χ1v) is 12.1. The van der Waals surface area contributed by atoms with Crippen LogP contribution in [0.4, 0.5) is 5.69 Å². The topological polar surface area (TPSA) is 107 Å². The fourth-order valence-electron chi connectivity index (χ4n) is 2.62. The van der Waals surface area contributed by atoms with Crippen molar-refractivity contribution in [2.24, 2.45) is 4.99 Å². The van der Waals surface area contributed by atoms with Crippen molar-refractivity contribution in [3.8, 4) is 0 Å². The van der Waals surface area contributed by atoms with Crippen LogP contribution in [-0.2, 0) is 20.1 Å². The average molecular weight is 504 g/mol. The zero-order valence-electron chi connectivity index (χ0n) is 16.3.